The first-order valence-corrected chi connectivity index (χ1v) is 6.21. The Kier molecular flexibility index (Phi) is 3.63. The molecule has 0 spiro atoms. The van der Waals surface area contributed by atoms with Crippen LogP contribution in [0.1, 0.15) is 11.1 Å². The molecule has 2 rings (SSSR count). The minimum atomic E-state index is 0.840. The standard InChI is InChI=1S/C17H20N/c1-18(2,3)17-11-7-10-16(14-17)13-12-15-8-5-4-6-9-15/h4-14H,1-3H3/q+1/b13-12+. The lowest BCUT2D eigenvalue weighted by atomic mass is 10.1. The van der Waals surface area contributed by atoms with Crippen molar-refractivity contribution in [1.82, 2.24) is 4.48 Å². The molecule has 0 radical (unpaired) electrons. The fraction of sp³-hybridized carbons (Fsp3) is 0.176. The number of nitrogens with zero attached hydrogens (tertiary/aromatic N) is 1. The number of benzene rings is 2. The second kappa shape index (κ2) is 5.19. The molecule has 0 fully saturated rings. The van der Waals surface area contributed by atoms with E-state index in [9.17, 15) is 0 Å². The molecule has 0 bridgehead atoms. The molecule has 1 heteroatoms. The van der Waals surface area contributed by atoms with Crippen LogP contribution in [0.3, 0.4) is 0 Å². The van der Waals surface area contributed by atoms with Gasteiger partial charge in [-0.3, -0.25) is 4.48 Å². The lowest BCUT2D eigenvalue weighted by Gasteiger charge is -2.23. The molecule has 0 atom stereocenters. The summed E-state index contributed by atoms with van der Waals surface area (Å²) < 4.78 is 0.840. The molecular formula is C17H20N+. The van der Waals surface area contributed by atoms with Crippen LogP contribution in [0.15, 0.2) is 54.6 Å². The van der Waals surface area contributed by atoms with Crippen LogP contribution in [0.4, 0.5) is 5.69 Å². The maximum Gasteiger partial charge on any atom is 0.132 e. The molecule has 2 aromatic carbocycles. The molecule has 0 aliphatic rings. The largest absolute Gasteiger partial charge is 0.298 e. The van der Waals surface area contributed by atoms with E-state index in [0.29, 0.717) is 0 Å². The van der Waals surface area contributed by atoms with Crippen LogP contribution < -0.4 is 4.48 Å². The highest BCUT2D eigenvalue weighted by atomic mass is 15.3. The number of rotatable bonds is 3. The van der Waals surface area contributed by atoms with Crippen molar-refractivity contribution in [2.24, 2.45) is 0 Å². The molecule has 0 aliphatic carbocycles. The minimum absolute atomic E-state index is 0.840. The summed E-state index contributed by atoms with van der Waals surface area (Å²) in [7, 11) is 6.54. The quantitative estimate of drug-likeness (QED) is 0.559. The van der Waals surface area contributed by atoms with Crippen molar-refractivity contribution in [3.63, 3.8) is 0 Å². The van der Waals surface area contributed by atoms with Crippen molar-refractivity contribution in [3.8, 4) is 0 Å². The molecule has 0 aromatic heterocycles. The molecule has 2 aromatic rings. The van der Waals surface area contributed by atoms with E-state index in [1.54, 1.807) is 0 Å². The SMILES string of the molecule is C[N+](C)(C)c1cccc(/C=C/c2ccccc2)c1. The average Bonchev–Trinajstić information content (AvgIpc) is 2.37. The maximum absolute atomic E-state index is 2.24. The second-order valence-electron chi connectivity index (χ2n) is 5.35. The van der Waals surface area contributed by atoms with Gasteiger partial charge in [-0.1, -0.05) is 54.6 Å². The zero-order valence-electron chi connectivity index (χ0n) is 11.3. The van der Waals surface area contributed by atoms with Crippen molar-refractivity contribution in [3.05, 3.63) is 65.7 Å². The van der Waals surface area contributed by atoms with Gasteiger partial charge in [0.25, 0.3) is 0 Å². The van der Waals surface area contributed by atoms with Crippen molar-refractivity contribution in [2.45, 2.75) is 0 Å². The van der Waals surface area contributed by atoms with Gasteiger partial charge in [0.05, 0.1) is 21.1 Å². The third-order valence-electron chi connectivity index (χ3n) is 2.91. The summed E-state index contributed by atoms with van der Waals surface area (Å²) in [6, 6.07) is 19.0. The smallest absolute Gasteiger partial charge is 0.132 e. The highest BCUT2D eigenvalue weighted by Crippen LogP contribution is 2.19. The molecule has 0 N–H and O–H groups in total. The normalized spacial score (nSPS) is 11.9. The molecule has 0 unspecified atom stereocenters. The van der Waals surface area contributed by atoms with Gasteiger partial charge in [-0.25, -0.2) is 0 Å². The van der Waals surface area contributed by atoms with Crippen LogP contribution in [0.5, 0.6) is 0 Å². The summed E-state index contributed by atoms with van der Waals surface area (Å²) in [6.45, 7) is 0. The summed E-state index contributed by atoms with van der Waals surface area (Å²) in [6.07, 6.45) is 4.31. The van der Waals surface area contributed by atoms with Crippen molar-refractivity contribution < 1.29 is 0 Å². The first kappa shape index (κ1) is 12.6. The fourth-order valence-corrected chi connectivity index (χ4v) is 1.80. The van der Waals surface area contributed by atoms with Crippen LogP contribution in [0.25, 0.3) is 12.2 Å². The molecule has 0 saturated heterocycles. The monoisotopic (exact) mass is 238 g/mol. The van der Waals surface area contributed by atoms with Gasteiger partial charge in [0.15, 0.2) is 0 Å². The van der Waals surface area contributed by atoms with E-state index < -0.39 is 0 Å². The average molecular weight is 238 g/mol. The number of hydrogen-bond acceptors (Lipinski definition) is 0. The van der Waals surface area contributed by atoms with Gasteiger partial charge in [-0.2, -0.15) is 0 Å². The van der Waals surface area contributed by atoms with Crippen LogP contribution in [0, 0.1) is 0 Å². The molecule has 18 heavy (non-hydrogen) atoms. The Hall–Kier alpha value is -1.86. The van der Waals surface area contributed by atoms with Gasteiger partial charge in [0.2, 0.25) is 0 Å². The summed E-state index contributed by atoms with van der Waals surface area (Å²) in [5.74, 6) is 0. The first-order valence-electron chi connectivity index (χ1n) is 6.21. The Morgan fingerprint density at radius 2 is 1.33 bits per heavy atom. The number of hydrogen-bond donors (Lipinski definition) is 0. The third-order valence-corrected chi connectivity index (χ3v) is 2.91. The molecule has 1 nitrogen and oxygen atoms in total. The van der Waals surface area contributed by atoms with Gasteiger partial charge < -0.3 is 0 Å². The third kappa shape index (κ3) is 3.31. The Balaban J connectivity index is 2.23. The van der Waals surface area contributed by atoms with Crippen LogP contribution in [-0.4, -0.2) is 21.1 Å². The Bertz CT molecular complexity index is 533. The Labute approximate surface area is 110 Å². The van der Waals surface area contributed by atoms with Gasteiger partial charge in [0.1, 0.15) is 5.69 Å². The van der Waals surface area contributed by atoms with Crippen molar-refractivity contribution in [2.75, 3.05) is 21.1 Å². The maximum atomic E-state index is 2.24. The predicted octanol–water partition coefficient (Wildman–Crippen LogP) is 4.05. The van der Waals surface area contributed by atoms with Gasteiger partial charge >= 0.3 is 0 Å². The first-order chi connectivity index (χ1) is 8.55. The minimum Gasteiger partial charge on any atom is -0.298 e. The Morgan fingerprint density at radius 3 is 2.00 bits per heavy atom. The molecule has 0 aliphatic heterocycles. The summed E-state index contributed by atoms with van der Waals surface area (Å²) >= 11 is 0. The van der Waals surface area contributed by atoms with E-state index in [1.165, 1.54) is 16.8 Å². The zero-order valence-corrected chi connectivity index (χ0v) is 11.3. The van der Waals surface area contributed by atoms with E-state index >= 15 is 0 Å². The van der Waals surface area contributed by atoms with Crippen LogP contribution in [0.2, 0.25) is 0 Å². The highest BCUT2D eigenvalue weighted by molar-refractivity contribution is 5.71. The van der Waals surface area contributed by atoms with E-state index in [0.717, 1.165) is 4.48 Å². The molecule has 0 heterocycles. The number of quaternary nitrogens is 1. The van der Waals surface area contributed by atoms with Crippen LogP contribution >= 0.6 is 0 Å². The van der Waals surface area contributed by atoms with E-state index in [-0.39, 0.29) is 0 Å². The molecular weight excluding hydrogens is 218 g/mol. The summed E-state index contributed by atoms with van der Waals surface area (Å²) in [5, 5.41) is 0. The Morgan fingerprint density at radius 1 is 0.722 bits per heavy atom. The van der Waals surface area contributed by atoms with Gasteiger partial charge in [0, 0.05) is 6.07 Å². The lowest BCUT2D eigenvalue weighted by Crippen LogP contribution is -2.34. The zero-order chi connectivity index (χ0) is 13.0. The van der Waals surface area contributed by atoms with Crippen LogP contribution in [-0.2, 0) is 0 Å². The van der Waals surface area contributed by atoms with E-state index in [2.05, 4.69) is 81.8 Å². The topological polar surface area (TPSA) is 0 Å². The summed E-state index contributed by atoms with van der Waals surface area (Å²) in [5.41, 5.74) is 3.78. The van der Waals surface area contributed by atoms with Gasteiger partial charge in [-0.15, -0.1) is 0 Å². The molecule has 0 amide bonds. The van der Waals surface area contributed by atoms with Crippen molar-refractivity contribution >= 4 is 17.8 Å². The van der Waals surface area contributed by atoms with E-state index in [1.807, 2.05) is 6.07 Å². The highest BCUT2D eigenvalue weighted by Gasteiger charge is 2.10. The summed E-state index contributed by atoms with van der Waals surface area (Å²) in [4.78, 5) is 0. The lowest BCUT2D eigenvalue weighted by molar-refractivity contribution is 0.486. The predicted molar refractivity (Wildman–Crippen MR) is 81.4 cm³/mol. The molecule has 92 valence electrons. The molecule has 0 saturated carbocycles. The van der Waals surface area contributed by atoms with Gasteiger partial charge in [-0.05, 0) is 17.2 Å². The second-order valence-corrected chi connectivity index (χ2v) is 5.35. The fourth-order valence-electron chi connectivity index (χ4n) is 1.80. The van der Waals surface area contributed by atoms with Crippen molar-refractivity contribution in [1.29, 1.82) is 0 Å². The van der Waals surface area contributed by atoms with E-state index in [4.69, 9.17) is 0 Å².